The van der Waals surface area contributed by atoms with Crippen LogP contribution in [0.15, 0.2) is 12.1 Å². The van der Waals surface area contributed by atoms with Crippen molar-refractivity contribution in [3.63, 3.8) is 0 Å². The van der Waals surface area contributed by atoms with E-state index in [1.165, 1.54) is 11.3 Å². The van der Waals surface area contributed by atoms with Gasteiger partial charge < -0.3 is 10.1 Å². The number of thiophene rings is 1. The van der Waals surface area contributed by atoms with Gasteiger partial charge in [-0.05, 0) is 32.4 Å². The second-order valence-corrected chi connectivity index (χ2v) is 6.18. The van der Waals surface area contributed by atoms with E-state index < -0.39 is 0 Å². The van der Waals surface area contributed by atoms with Gasteiger partial charge in [0.1, 0.15) is 0 Å². The van der Waals surface area contributed by atoms with Gasteiger partial charge in [0.15, 0.2) is 5.82 Å². The second kappa shape index (κ2) is 6.85. The normalized spacial score (nSPS) is 10.8. The van der Waals surface area contributed by atoms with Crippen molar-refractivity contribution in [2.45, 2.75) is 33.3 Å². The topological polar surface area (TPSA) is 59.9 Å². The largest absolute Gasteiger partial charge is 0.461 e. The zero-order valence-electron chi connectivity index (χ0n) is 11.7. The number of halogens is 1. The van der Waals surface area contributed by atoms with Crippen molar-refractivity contribution in [1.29, 1.82) is 0 Å². The molecule has 0 bridgehead atoms. The number of hydrogen-bond donors (Lipinski definition) is 1. The highest BCUT2D eigenvalue weighted by atomic mass is 35.5. The lowest BCUT2D eigenvalue weighted by atomic mass is 10.4. The fourth-order valence-electron chi connectivity index (χ4n) is 1.48. The molecule has 0 saturated carbocycles. The summed E-state index contributed by atoms with van der Waals surface area (Å²) in [6.45, 7) is 6.75. The van der Waals surface area contributed by atoms with Crippen molar-refractivity contribution in [1.82, 2.24) is 15.0 Å². The fourth-order valence-corrected chi connectivity index (χ4v) is 2.46. The molecule has 2 heterocycles. The molecule has 0 aliphatic rings. The van der Waals surface area contributed by atoms with Crippen molar-refractivity contribution in [3.05, 3.63) is 16.5 Å². The van der Waals surface area contributed by atoms with E-state index in [9.17, 15) is 0 Å². The molecule has 1 N–H and O–H groups in total. The number of ether oxygens (including phenoxy) is 1. The van der Waals surface area contributed by atoms with Crippen LogP contribution >= 0.6 is 22.9 Å². The Hall–Kier alpha value is -1.40. The van der Waals surface area contributed by atoms with Gasteiger partial charge >= 0.3 is 6.01 Å². The first-order chi connectivity index (χ1) is 9.58. The van der Waals surface area contributed by atoms with Crippen LogP contribution < -0.4 is 10.1 Å². The van der Waals surface area contributed by atoms with Gasteiger partial charge in [0.25, 0.3) is 0 Å². The molecule has 108 valence electrons. The summed E-state index contributed by atoms with van der Waals surface area (Å²) in [6, 6.07) is 4.05. The number of nitrogens with one attached hydrogen (secondary N) is 1. The number of aromatic nitrogens is 3. The Balaban J connectivity index is 2.34. The molecular formula is C13H17ClN4OS. The highest BCUT2D eigenvalue weighted by Crippen LogP contribution is 2.29. The quantitative estimate of drug-likeness (QED) is 0.877. The van der Waals surface area contributed by atoms with Gasteiger partial charge in [0, 0.05) is 6.54 Å². The number of anilines is 1. The van der Waals surface area contributed by atoms with E-state index in [-0.39, 0.29) is 6.10 Å². The third-order valence-corrected chi connectivity index (χ3v) is 3.51. The summed E-state index contributed by atoms with van der Waals surface area (Å²) in [5.41, 5.74) is 0. The molecule has 0 aliphatic heterocycles. The Kier molecular flexibility index (Phi) is 5.14. The molecule has 0 spiro atoms. The summed E-state index contributed by atoms with van der Waals surface area (Å²) >= 11 is 7.39. The van der Waals surface area contributed by atoms with Gasteiger partial charge in [-0.3, -0.25) is 0 Å². The first kappa shape index (κ1) is 15.0. The summed E-state index contributed by atoms with van der Waals surface area (Å²) in [5.74, 6) is 1.10. The van der Waals surface area contributed by atoms with Crippen LogP contribution in [0.4, 0.5) is 5.95 Å². The first-order valence-electron chi connectivity index (χ1n) is 6.50. The molecular weight excluding hydrogens is 296 g/mol. The maximum Gasteiger partial charge on any atom is 0.322 e. The van der Waals surface area contributed by atoms with Crippen LogP contribution in [0.25, 0.3) is 10.7 Å². The van der Waals surface area contributed by atoms with Crippen LogP contribution in [0.1, 0.15) is 27.2 Å². The van der Waals surface area contributed by atoms with Gasteiger partial charge in [-0.25, -0.2) is 0 Å². The predicted molar refractivity (Wildman–Crippen MR) is 82.7 cm³/mol. The van der Waals surface area contributed by atoms with Crippen LogP contribution in [0, 0.1) is 0 Å². The van der Waals surface area contributed by atoms with Crippen molar-refractivity contribution >= 4 is 28.9 Å². The summed E-state index contributed by atoms with van der Waals surface area (Å²) in [5, 5.41) is 3.15. The van der Waals surface area contributed by atoms with Crippen molar-refractivity contribution in [2.24, 2.45) is 0 Å². The Morgan fingerprint density at radius 1 is 1.30 bits per heavy atom. The van der Waals surface area contributed by atoms with Crippen LogP contribution in [0.5, 0.6) is 6.01 Å². The van der Waals surface area contributed by atoms with E-state index in [0.29, 0.717) is 22.1 Å². The molecule has 0 radical (unpaired) electrons. The van der Waals surface area contributed by atoms with E-state index in [1.54, 1.807) is 0 Å². The summed E-state index contributed by atoms with van der Waals surface area (Å²) < 4.78 is 6.28. The average molecular weight is 313 g/mol. The average Bonchev–Trinajstić information content (AvgIpc) is 2.82. The molecule has 2 aromatic heterocycles. The lowest BCUT2D eigenvalue weighted by molar-refractivity contribution is 0.222. The molecule has 0 amide bonds. The minimum atomic E-state index is 0.0104. The number of hydrogen-bond acceptors (Lipinski definition) is 6. The minimum absolute atomic E-state index is 0.0104. The molecule has 2 aromatic rings. The van der Waals surface area contributed by atoms with Gasteiger partial charge in [-0.1, -0.05) is 18.5 Å². The molecule has 2 rings (SSSR count). The van der Waals surface area contributed by atoms with E-state index >= 15 is 0 Å². The molecule has 0 fully saturated rings. The van der Waals surface area contributed by atoms with E-state index in [2.05, 4.69) is 27.2 Å². The predicted octanol–water partition coefficient (Wildman–Crippen LogP) is 3.86. The molecule has 0 aromatic carbocycles. The van der Waals surface area contributed by atoms with Crippen LogP contribution in [-0.2, 0) is 0 Å². The maximum atomic E-state index is 5.96. The standard InChI is InChI=1S/C13H17ClN4OS/c1-4-7-15-12-16-11(9-5-6-10(14)20-9)17-13(18-12)19-8(2)3/h5-6,8H,4,7H2,1-3H3,(H,15,16,17,18). The van der Waals surface area contributed by atoms with Gasteiger partial charge in [0.2, 0.25) is 5.95 Å². The monoisotopic (exact) mass is 312 g/mol. The van der Waals surface area contributed by atoms with E-state index in [4.69, 9.17) is 16.3 Å². The minimum Gasteiger partial charge on any atom is -0.461 e. The smallest absolute Gasteiger partial charge is 0.322 e. The Bertz CT molecular complexity index is 573. The maximum absolute atomic E-state index is 5.96. The number of rotatable bonds is 6. The zero-order valence-corrected chi connectivity index (χ0v) is 13.3. The second-order valence-electron chi connectivity index (χ2n) is 4.46. The van der Waals surface area contributed by atoms with E-state index in [0.717, 1.165) is 17.8 Å². The first-order valence-corrected chi connectivity index (χ1v) is 7.70. The molecule has 0 saturated heterocycles. The molecule has 20 heavy (non-hydrogen) atoms. The zero-order chi connectivity index (χ0) is 14.5. The molecule has 5 nitrogen and oxygen atoms in total. The lowest BCUT2D eigenvalue weighted by Gasteiger charge is -2.10. The summed E-state index contributed by atoms with van der Waals surface area (Å²) in [4.78, 5) is 13.9. The van der Waals surface area contributed by atoms with Crippen molar-refractivity contribution in [2.75, 3.05) is 11.9 Å². The van der Waals surface area contributed by atoms with Crippen LogP contribution in [0.2, 0.25) is 4.34 Å². The van der Waals surface area contributed by atoms with Crippen LogP contribution in [-0.4, -0.2) is 27.6 Å². The highest BCUT2D eigenvalue weighted by molar-refractivity contribution is 7.19. The van der Waals surface area contributed by atoms with E-state index in [1.807, 2.05) is 26.0 Å². The van der Waals surface area contributed by atoms with Gasteiger partial charge in [0.05, 0.1) is 15.3 Å². The van der Waals surface area contributed by atoms with Crippen LogP contribution in [0.3, 0.4) is 0 Å². The Labute approximate surface area is 127 Å². The Morgan fingerprint density at radius 3 is 2.70 bits per heavy atom. The molecule has 0 atom stereocenters. The molecule has 0 aliphatic carbocycles. The van der Waals surface area contributed by atoms with Crippen molar-refractivity contribution < 1.29 is 4.74 Å². The third kappa shape index (κ3) is 4.05. The summed E-state index contributed by atoms with van der Waals surface area (Å²) in [7, 11) is 0. The highest BCUT2D eigenvalue weighted by Gasteiger charge is 2.12. The van der Waals surface area contributed by atoms with Gasteiger partial charge in [-0.2, -0.15) is 15.0 Å². The summed E-state index contributed by atoms with van der Waals surface area (Å²) in [6.07, 6.45) is 1.00. The number of nitrogens with zero attached hydrogens (tertiary/aromatic N) is 3. The molecule has 7 heteroatoms. The SMILES string of the molecule is CCCNc1nc(OC(C)C)nc(-c2ccc(Cl)s2)n1. The molecule has 0 unspecified atom stereocenters. The van der Waals surface area contributed by atoms with Gasteiger partial charge in [-0.15, -0.1) is 11.3 Å². The lowest BCUT2D eigenvalue weighted by Crippen LogP contribution is -2.12. The fraction of sp³-hybridized carbons (Fsp3) is 0.462. The Morgan fingerprint density at radius 2 is 2.10 bits per heavy atom. The third-order valence-electron chi connectivity index (χ3n) is 2.28. The van der Waals surface area contributed by atoms with Crippen molar-refractivity contribution in [3.8, 4) is 16.7 Å².